The van der Waals surface area contributed by atoms with Crippen LogP contribution in [-0.4, -0.2) is 53.0 Å². The molecule has 0 aromatic heterocycles. The van der Waals surface area contributed by atoms with E-state index in [2.05, 4.69) is 4.74 Å². The molecule has 0 saturated carbocycles. The summed E-state index contributed by atoms with van der Waals surface area (Å²) in [6, 6.07) is 0.724. The van der Waals surface area contributed by atoms with Crippen LogP contribution in [0, 0.1) is 0 Å². The minimum absolute atomic E-state index is 0.00450. The van der Waals surface area contributed by atoms with Gasteiger partial charge in [-0.15, -0.1) is 0 Å². The quantitative estimate of drug-likeness (QED) is 0.223. The molecule has 0 aliphatic rings. The standard InChI is InChI=1S/C17H10F16O3/c1-7(34)36-9-4-2-8(3-5-9)10(35,16(28,29)30)6-11(18,19)12(20,21)13(22,23)14(24,25)15(26,27)17(31,32)33/h2-5,35H,6H2,1H3. The van der Waals surface area contributed by atoms with Gasteiger partial charge >= 0.3 is 47.9 Å². The summed E-state index contributed by atoms with van der Waals surface area (Å²) in [7, 11) is 0. The fourth-order valence-corrected chi connectivity index (χ4v) is 2.56. The molecule has 0 aliphatic heterocycles. The molecular formula is C17H10F16O3. The Morgan fingerprint density at radius 3 is 1.39 bits per heavy atom. The van der Waals surface area contributed by atoms with Gasteiger partial charge < -0.3 is 9.84 Å². The molecule has 0 heterocycles. The molecule has 0 spiro atoms. The molecule has 36 heavy (non-hydrogen) atoms. The topological polar surface area (TPSA) is 46.5 Å². The van der Waals surface area contributed by atoms with Gasteiger partial charge in [0.05, 0.1) is 6.42 Å². The van der Waals surface area contributed by atoms with E-state index in [1.165, 1.54) is 0 Å². The number of alkyl halides is 16. The molecule has 0 radical (unpaired) electrons. The van der Waals surface area contributed by atoms with Crippen LogP contribution in [0.4, 0.5) is 70.2 Å². The minimum atomic E-state index is -8.33. The first-order chi connectivity index (χ1) is 15.6. The lowest BCUT2D eigenvalue weighted by atomic mass is 9.82. The van der Waals surface area contributed by atoms with Gasteiger partial charge in [0, 0.05) is 6.92 Å². The monoisotopic (exact) mass is 566 g/mol. The molecule has 1 aromatic rings. The van der Waals surface area contributed by atoms with Crippen molar-refractivity contribution < 1.29 is 84.9 Å². The largest absolute Gasteiger partial charge is 0.460 e. The lowest BCUT2D eigenvalue weighted by Crippen LogP contribution is -2.70. The summed E-state index contributed by atoms with van der Waals surface area (Å²) in [5.74, 6) is -41.6. The van der Waals surface area contributed by atoms with Crippen molar-refractivity contribution in [3.8, 4) is 5.75 Å². The Hall–Kier alpha value is -2.47. The molecule has 3 nitrogen and oxygen atoms in total. The minimum Gasteiger partial charge on any atom is -0.427 e. The van der Waals surface area contributed by atoms with E-state index in [9.17, 15) is 80.1 Å². The highest BCUT2D eigenvalue weighted by atomic mass is 19.4. The van der Waals surface area contributed by atoms with Crippen LogP contribution in [-0.2, 0) is 10.4 Å². The maximum Gasteiger partial charge on any atom is 0.460 e. The van der Waals surface area contributed by atoms with Crippen molar-refractivity contribution in [2.75, 3.05) is 0 Å². The molecular weight excluding hydrogens is 556 g/mol. The maximum atomic E-state index is 14.1. The van der Waals surface area contributed by atoms with E-state index in [0.29, 0.717) is 12.1 Å². The zero-order valence-corrected chi connectivity index (χ0v) is 16.8. The van der Waals surface area contributed by atoms with Crippen LogP contribution in [0.25, 0.3) is 0 Å². The number of ether oxygens (including phenoxy) is 1. The molecule has 1 rings (SSSR count). The lowest BCUT2D eigenvalue weighted by Gasteiger charge is -2.42. The van der Waals surface area contributed by atoms with Crippen LogP contribution in [0.2, 0.25) is 0 Å². The second-order valence-electron chi connectivity index (χ2n) is 7.15. The molecule has 0 bridgehead atoms. The highest BCUT2D eigenvalue weighted by molar-refractivity contribution is 5.69. The van der Waals surface area contributed by atoms with Crippen molar-refractivity contribution in [2.24, 2.45) is 0 Å². The Morgan fingerprint density at radius 2 is 1.06 bits per heavy atom. The number of halogens is 16. The van der Waals surface area contributed by atoms with E-state index in [1.54, 1.807) is 0 Å². The average molecular weight is 566 g/mol. The third-order valence-electron chi connectivity index (χ3n) is 4.54. The number of hydrogen-bond acceptors (Lipinski definition) is 3. The summed E-state index contributed by atoms with van der Waals surface area (Å²) in [5.41, 5.74) is -7.15. The van der Waals surface area contributed by atoms with Crippen LogP contribution < -0.4 is 4.74 Å². The highest BCUT2D eigenvalue weighted by Crippen LogP contribution is 2.62. The van der Waals surface area contributed by atoms with Gasteiger partial charge in [0.15, 0.2) is 5.60 Å². The van der Waals surface area contributed by atoms with Crippen LogP contribution in [0.5, 0.6) is 5.75 Å². The van der Waals surface area contributed by atoms with Crippen molar-refractivity contribution in [1.82, 2.24) is 0 Å². The third-order valence-corrected chi connectivity index (χ3v) is 4.54. The average Bonchev–Trinajstić information content (AvgIpc) is 2.65. The van der Waals surface area contributed by atoms with Gasteiger partial charge in [0.2, 0.25) is 0 Å². The number of rotatable bonds is 8. The lowest BCUT2D eigenvalue weighted by molar-refractivity contribution is -0.443. The molecule has 1 aromatic carbocycles. The number of carbonyl (C=O) groups is 1. The molecule has 19 heteroatoms. The van der Waals surface area contributed by atoms with Gasteiger partial charge in [-0.2, -0.15) is 70.2 Å². The predicted octanol–water partition coefficient (Wildman–Crippen LogP) is 6.49. The maximum absolute atomic E-state index is 14.1. The first kappa shape index (κ1) is 31.6. The molecule has 0 aliphatic carbocycles. The first-order valence-corrected chi connectivity index (χ1v) is 8.64. The van der Waals surface area contributed by atoms with Gasteiger partial charge in [0.1, 0.15) is 5.75 Å². The van der Waals surface area contributed by atoms with Gasteiger partial charge in [-0.1, -0.05) is 12.1 Å². The van der Waals surface area contributed by atoms with Crippen LogP contribution in [0.15, 0.2) is 24.3 Å². The normalized spacial score (nSPS) is 16.5. The van der Waals surface area contributed by atoms with Gasteiger partial charge in [-0.25, -0.2) is 0 Å². The van der Waals surface area contributed by atoms with E-state index < -0.39 is 71.3 Å². The fourth-order valence-electron chi connectivity index (χ4n) is 2.56. The van der Waals surface area contributed by atoms with Gasteiger partial charge in [-0.3, -0.25) is 4.79 Å². The summed E-state index contributed by atoms with van der Waals surface area (Å²) in [5, 5.41) is 9.74. The van der Waals surface area contributed by atoms with Crippen molar-refractivity contribution >= 4 is 5.97 Å². The van der Waals surface area contributed by atoms with E-state index in [1.807, 2.05) is 0 Å². The Labute approximate surface area is 188 Å². The third kappa shape index (κ3) is 4.89. The smallest absolute Gasteiger partial charge is 0.427 e. The van der Waals surface area contributed by atoms with E-state index in [4.69, 9.17) is 0 Å². The van der Waals surface area contributed by atoms with Crippen molar-refractivity contribution in [1.29, 1.82) is 0 Å². The Bertz CT molecular complexity index is 948. The van der Waals surface area contributed by atoms with Crippen molar-refractivity contribution in [3.63, 3.8) is 0 Å². The molecule has 0 amide bonds. The molecule has 1 atom stereocenters. The summed E-state index contributed by atoms with van der Waals surface area (Å²) in [4.78, 5) is 10.8. The Morgan fingerprint density at radius 1 is 0.667 bits per heavy atom. The van der Waals surface area contributed by atoms with Gasteiger partial charge in [-0.05, 0) is 17.7 Å². The van der Waals surface area contributed by atoms with Crippen LogP contribution in [0.3, 0.4) is 0 Å². The van der Waals surface area contributed by atoms with E-state index in [0.717, 1.165) is 6.92 Å². The molecule has 0 fully saturated rings. The molecule has 208 valence electrons. The van der Waals surface area contributed by atoms with Crippen LogP contribution in [0.1, 0.15) is 18.9 Å². The number of benzene rings is 1. The second-order valence-corrected chi connectivity index (χ2v) is 7.15. The van der Waals surface area contributed by atoms with Gasteiger partial charge in [0.25, 0.3) is 0 Å². The fraction of sp³-hybridized carbons (Fsp3) is 0.588. The van der Waals surface area contributed by atoms with E-state index >= 15 is 0 Å². The summed E-state index contributed by atoms with van der Waals surface area (Å²) in [6.45, 7) is 0.779. The number of esters is 1. The summed E-state index contributed by atoms with van der Waals surface area (Å²) >= 11 is 0. The Balaban J connectivity index is 3.63. The first-order valence-electron chi connectivity index (χ1n) is 8.64. The molecule has 1 N–H and O–H groups in total. The number of aliphatic hydroxyl groups is 1. The van der Waals surface area contributed by atoms with Crippen molar-refractivity contribution in [2.45, 2.75) is 60.9 Å². The Kier molecular flexibility index (Phi) is 7.74. The highest BCUT2D eigenvalue weighted by Gasteiger charge is 2.91. The summed E-state index contributed by atoms with van der Waals surface area (Å²) in [6.07, 6.45) is -18.1. The number of hydrogen-bond donors (Lipinski definition) is 1. The van der Waals surface area contributed by atoms with E-state index in [-0.39, 0.29) is 12.1 Å². The molecule has 0 saturated heterocycles. The zero-order chi connectivity index (χ0) is 29.0. The molecule has 1 unspecified atom stereocenters. The SMILES string of the molecule is CC(=O)Oc1ccc(C(O)(CC(F)(F)C(F)(F)C(F)(F)C(F)(F)C(F)(F)C(F)(F)F)C(F)(F)F)cc1. The summed E-state index contributed by atoms with van der Waals surface area (Å²) < 4.78 is 216. The predicted molar refractivity (Wildman–Crippen MR) is 83.1 cm³/mol. The van der Waals surface area contributed by atoms with Crippen molar-refractivity contribution in [3.05, 3.63) is 29.8 Å². The second kappa shape index (κ2) is 8.83. The number of carbonyl (C=O) groups excluding carboxylic acids is 1. The van der Waals surface area contributed by atoms with Crippen LogP contribution >= 0.6 is 0 Å². The zero-order valence-electron chi connectivity index (χ0n) is 16.8.